The summed E-state index contributed by atoms with van der Waals surface area (Å²) in [6.45, 7) is 0. The van der Waals surface area contributed by atoms with Gasteiger partial charge >= 0.3 is 0 Å². The maximum Gasteiger partial charge on any atom is 0.150 e. The summed E-state index contributed by atoms with van der Waals surface area (Å²) in [6, 6.07) is -3.39. The SMILES string of the molecule is [2H]C(=O)c1c([2H])c([2H])c([2H])c(F)c1[2H]. The number of hydrogen-bond donors (Lipinski definition) is 0. The quantitative estimate of drug-likeness (QED) is 0.527. The van der Waals surface area contributed by atoms with Gasteiger partial charge in [0.2, 0.25) is 0 Å². The lowest BCUT2D eigenvalue weighted by Gasteiger charge is -1.86. The van der Waals surface area contributed by atoms with Crippen LogP contribution < -0.4 is 0 Å². The molecule has 0 N–H and O–H groups in total. The average molecular weight is 129 g/mol. The molecule has 0 heterocycles. The van der Waals surface area contributed by atoms with Gasteiger partial charge in [0.15, 0.2) is 0 Å². The largest absolute Gasteiger partial charge is 0.298 e. The molecular weight excluding hydrogens is 119 g/mol. The summed E-state index contributed by atoms with van der Waals surface area (Å²) in [7, 11) is 0. The predicted molar refractivity (Wildman–Crippen MR) is 31.8 cm³/mol. The van der Waals surface area contributed by atoms with Crippen LogP contribution in [-0.4, -0.2) is 6.26 Å². The minimum atomic E-state index is -1.40. The fraction of sp³-hybridized carbons (Fsp3) is 0. The summed E-state index contributed by atoms with van der Waals surface area (Å²) in [6.07, 6.45) is -1.40. The van der Waals surface area contributed by atoms with E-state index in [9.17, 15) is 9.18 Å². The van der Waals surface area contributed by atoms with Crippen molar-refractivity contribution in [3.63, 3.8) is 0 Å². The van der Waals surface area contributed by atoms with Crippen LogP contribution in [0.5, 0.6) is 0 Å². The first-order valence-corrected chi connectivity index (χ1v) is 2.14. The smallest absolute Gasteiger partial charge is 0.150 e. The Bertz CT molecular complexity index is 388. The van der Waals surface area contributed by atoms with E-state index in [0.29, 0.717) is 0 Å². The lowest BCUT2D eigenvalue weighted by atomic mass is 10.2. The van der Waals surface area contributed by atoms with Crippen LogP contribution in [0.15, 0.2) is 24.2 Å². The Hall–Kier alpha value is -1.18. The van der Waals surface area contributed by atoms with E-state index in [-0.39, 0.29) is 0 Å². The molecule has 0 saturated carbocycles. The number of carbonyl (C=O) groups excluding carboxylic acids is 1. The van der Waals surface area contributed by atoms with Crippen molar-refractivity contribution in [2.45, 2.75) is 0 Å². The van der Waals surface area contributed by atoms with Crippen molar-refractivity contribution in [1.29, 1.82) is 0 Å². The minimum absolute atomic E-state index is 0.749. The van der Waals surface area contributed by atoms with Crippen LogP contribution in [0, 0.1) is 5.82 Å². The topological polar surface area (TPSA) is 17.1 Å². The van der Waals surface area contributed by atoms with Crippen molar-refractivity contribution in [1.82, 2.24) is 0 Å². The second-order valence-corrected chi connectivity index (χ2v) is 1.29. The van der Waals surface area contributed by atoms with Crippen LogP contribution in [0.2, 0.25) is 0 Å². The molecular formula is C7H5FO. The predicted octanol–water partition coefficient (Wildman–Crippen LogP) is 1.64. The minimum Gasteiger partial charge on any atom is -0.298 e. The molecule has 1 rings (SSSR count). The van der Waals surface area contributed by atoms with E-state index in [4.69, 9.17) is 6.85 Å². The summed E-state index contributed by atoms with van der Waals surface area (Å²) in [4.78, 5) is 10.6. The zero-order chi connectivity index (χ0) is 11.0. The Morgan fingerprint density at radius 1 is 1.78 bits per heavy atom. The molecule has 0 saturated heterocycles. The maximum absolute atomic E-state index is 13.0. The lowest BCUT2D eigenvalue weighted by molar-refractivity contribution is 0.112. The molecule has 0 aromatic heterocycles. The molecule has 2 heteroatoms. The van der Waals surface area contributed by atoms with E-state index in [0.717, 1.165) is 0 Å². The van der Waals surface area contributed by atoms with Crippen LogP contribution in [0.4, 0.5) is 4.39 Å². The van der Waals surface area contributed by atoms with Gasteiger partial charge in [-0.15, -0.1) is 0 Å². The zero-order valence-corrected chi connectivity index (χ0v) is 4.29. The fourth-order valence-corrected chi connectivity index (χ4v) is 0.372. The van der Waals surface area contributed by atoms with Gasteiger partial charge in [-0.2, -0.15) is 0 Å². The van der Waals surface area contributed by atoms with Gasteiger partial charge in [0, 0.05) is 5.56 Å². The summed E-state index contributed by atoms with van der Waals surface area (Å²) in [5.41, 5.74) is -0.775. The summed E-state index contributed by atoms with van der Waals surface area (Å²) in [5.74, 6) is -1.35. The van der Waals surface area contributed by atoms with Gasteiger partial charge in [-0.1, -0.05) is 12.1 Å². The molecule has 0 aliphatic carbocycles. The summed E-state index contributed by atoms with van der Waals surface area (Å²) >= 11 is 0. The van der Waals surface area contributed by atoms with Gasteiger partial charge in [-0.3, -0.25) is 4.79 Å². The van der Waals surface area contributed by atoms with Crippen LogP contribution in [-0.2, 0) is 0 Å². The standard InChI is InChI=1S/C7H5FO/c8-7-3-1-2-6(4-7)5-9/h1-5H/i1D,2D,3D,4D,5D. The van der Waals surface area contributed by atoms with E-state index in [1.54, 1.807) is 0 Å². The Morgan fingerprint density at radius 2 is 2.56 bits per heavy atom. The highest BCUT2D eigenvalue weighted by Crippen LogP contribution is 1.99. The highest BCUT2D eigenvalue weighted by atomic mass is 19.1. The Labute approximate surface area is 59.1 Å². The Morgan fingerprint density at radius 3 is 3.22 bits per heavy atom. The first kappa shape index (κ1) is 2.21. The van der Waals surface area contributed by atoms with Crippen LogP contribution in [0.1, 0.15) is 17.2 Å². The van der Waals surface area contributed by atoms with Crippen molar-refractivity contribution >= 4 is 6.26 Å². The average Bonchev–Trinajstić information content (AvgIpc) is 2.11. The molecule has 1 nitrogen and oxygen atoms in total. The number of aldehydes is 1. The molecule has 0 spiro atoms. The normalized spacial score (nSPS) is 16.8. The third-order valence-corrected chi connectivity index (χ3v) is 0.697. The first-order chi connectivity index (χ1) is 6.37. The van der Waals surface area contributed by atoms with Crippen LogP contribution in [0.3, 0.4) is 0 Å². The lowest BCUT2D eigenvalue weighted by Crippen LogP contribution is -1.79. The second kappa shape index (κ2) is 2.40. The first-order valence-electron chi connectivity index (χ1n) is 4.64. The van der Waals surface area contributed by atoms with E-state index in [2.05, 4.69) is 0 Å². The molecule has 1 aromatic carbocycles. The third kappa shape index (κ3) is 1.35. The van der Waals surface area contributed by atoms with Crippen molar-refractivity contribution in [3.8, 4) is 0 Å². The number of halogens is 1. The Balaban J connectivity index is 3.68. The molecule has 9 heavy (non-hydrogen) atoms. The number of benzene rings is 1. The van der Waals surface area contributed by atoms with Crippen molar-refractivity contribution in [3.05, 3.63) is 35.6 Å². The second-order valence-electron chi connectivity index (χ2n) is 1.29. The van der Waals surface area contributed by atoms with E-state index in [1.165, 1.54) is 0 Å². The molecule has 0 amide bonds. The summed E-state index contributed by atoms with van der Waals surface area (Å²) < 4.78 is 48.0. The highest BCUT2D eigenvalue weighted by molar-refractivity contribution is 5.74. The molecule has 0 radical (unpaired) electrons. The molecule has 0 atom stereocenters. The molecule has 46 valence electrons. The maximum atomic E-state index is 13.0. The molecule has 0 aliphatic rings. The zero-order valence-electron chi connectivity index (χ0n) is 9.29. The number of hydrogen-bond acceptors (Lipinski definition) is 1. The molecule has 1 aromatic rings. The van der Waals surface area contributed by atoms with Crippen molar-refractivity contribution in [2.75, 3.05) is 0 Å². The third-order valence-electron chi connectivity index (χ3n) is 0.697. The number of rotatable bonds is 1. The fourth-order valence-electron chi connectivity index (χ4n) is 0.372. The van der Waals surface area contributed by atoms with Crippen molar-refractivity contribution in [2.24, 2.45) is 0 Å². The summed E-state index contributed by atoms with van der Waals surface area (Å²) in [5, 5.41) is 0. The monoisotopic (exact) mass is 129 g/mol. The van der Waals surface area contributed by atoms with E-state index in [1.807, 2.05) is 0 Å². The molecule has 0 aliphatic heterocycles. The molecule has 0 fully saturated rings. The molecule has 0 unspecified atom stereocenters. The van der Waals surface area contributed by atoms with Gasteiger partial charge in [0.1, 0.15) is 13.5 Å². The Kier molecular flexibility index (Phi) is 0.589. The highest BCUT2D eigenvalue weighted by Gasteiger charge is 1.89. The van der Waals surface area contributed by atoms with Gasteiger partial charge in [-0.05, 0) is 12.1 Å². The van der Waals surface area contributed by atoms with Crippen molar-refractivity contribution < 1.29 is 16.0 Å². The van der Waals surface area contributed by atoms with Gasteiger partial charge in [0.05, 0.1) is 5.48 Å². The van der Waals surface area contributed by atoms with Gasteiger partial charge in [0.25, 0.3) is 0 Å². The van der Waals surface area contributed by atoms with Gasteiger partial charge in [-0.25, -0.2) is 4.39 Å². The van der Waals surface area contributed by atoms with Crippen LogP contribution in [0.25, 0.3) is 0 Å². The van der Waals surface area contributed by atoms with Gasteiger partial charge < -0.3 is 0 Å². The van der Waals surface area contributed by atoms with E-state index < -0.39 is 41.8 Å². The molecule has 0 bridgehead atoms. The number of carbonyl (C=O) groups is 1. The van der Waals surface area contributed by atoms with Crippen LogP contribution >= 0.6 is 0 Å². The van der Waals surface area contributed by atoms with E-state index >= 15 is 0 Å².